The Morgan fingerprint density at radius 3 is 1.14 bits per heavy atom. The van der Waals surface area contributed by atoms with E-state index in [0.717, 1.165) is 0 Å². The molecule has 32 valence electrons. The molecule has 0 nitrogen and oxygen atoms in total. The van der Waals surface area contributed by atoms with Crippen molar-refractivity contribution in [2.24, 2.45) is 0 Å². The predicted molar refractivity (Wildman–Crippen MR) is 37.5 cm³/mol. The molecular weight excluding hydrogens is 174 g/mol. The summed E-state index contributed by atoms with van der Waals surface area (Å²) in [6, 6.07) is 0. The smallest absolute Gasteiger partial charge is 0.706 e. The van der Waals surface area contributed by atoms with Crippen molar-refractivity contribution in [2.45, 2.75) is 0 Å². The van der Waals surface area contributed by atoms with Crippen LogP contribution < -0.4 is 37.7 Å². The quantitative estimate of drug-likeness (QED) is 0.237. The molecule has 0 bridgehead atoms. The van der Waals surface area contributed by atoms with Crippen LogP contribution in [-0.4, -0.2) is 0 Å². The molecule has 0 amide bonds. The fraction of sp³-hybridized carbons (Fsp3) is 0. The van der Waals surface area contributed by atoms with Crippen molar-refractivity contribution >= 4 is 52.8 Å². The molecule has 0 heterocycles. The molecular formula is Li2S5. The molecule has 0 radical (unpaired) electrons. The Labute approximate surface area is 89.2 Å². The monoisotopic (exact) mass is 174 g/mol. The average Bonchev–Trinajstić information content (AvgIpc) is 1.41. The Kier molecular flexibility index (Phi) is 37.7. The minimum absolute atomic E-state index is 0. The van der Waals surface area contributed by atoms with Gasteiger partial charge >= 0.3 is 37.7 Å². The van der Waals surface area contributed by atoms with Gasteiger partial charge in [-0.3, -0.25) is 19.7 Å². The van der Waals surface area contributed by atoms with E-state index in [-0.39, 0.29) is 37.7 Å². The van der Waals surface area contributed by atoms with Gasteiger partial charge in [0.25, 0.3) is 0 Å². The summed E-state index contributed by atoms with van der Waals surface area (Å²) in [5.74, 6) is 0. The van der Waals surface area contributed by atoms with Gasteiger partial charge in [-0.2, -0.15) is 0 Å². The molecule has 0 rings (SSSR count). The first kappa shape index (κ1) is 16.5. The maximum absolute atomic E-state index is 4.44. The van der Waals surface area contributed by atoms with Crippen molar-refractivity contribution in [3.05, 3.63) is 0 Å². The van der Waals surface area contributed by atoms with Crippen molar-refractivity contribution < 1.29 is 37.7 Å². The second kappa shape index (κ2) is 16.0. The minimum atomic E-state index is 0. The average molecular weight is 174 g/mol. The Hall–Kier alpha value is 2.94. The third-order valence-electron chi connectivity index (χ3n) is 0.0556. The fourth-order valence-corrected chi connectivity index (χ4v) is 2.76. The van der Waals surface area contributed by atoms with Crippen LogP contribution in [0.5, 0.6) is 0 Å². The van der Waals surface area contributed by atoms with Gasteiger partial charge in [0.1, 0.15) is 0 Å². The van der Waals surface area contributed by atoms with Gasteiger partial charge in [0, 0.05) is 0 Å². The van der Waals surface area contributed by atoms with Crippen LogP contribution in [0, 0.1) is 0 Å². The van der Waals surface area contributed by atoms with E-state index in [9.17, 15) is 0 Å². The number of rotatable bonds is 2. The zero-order valence-corrected chi connectivity index (χ0v) is 8.12. The van der Waals surface area contributed by atoms with E-state index in [1.54, 1.807) is 0 Å². The van der Waals surface area contributed by atoms with E-state index in [4.69, 9.17) is 0 Å². The topological polar surface area (TPSA) is 0 Å². The maximum Gasteiger partial charge on any atom is 1.00 e. The van der Waals surface area contributed by atoms with Gasteiger partial charge in [-0.1, -0.05) is 9.83 Å². The Bertz CT molecular complexity index is 13.6. The van der Waals surface area contributed by atoms with Crippen LogP contribution in [0.2, 0.25) is 0 Å². The molecule has 0 aromatic carbocycles. The van der Waals surface area contributed by atoms with Gasteiger partial charge in [-0.05, 0) is 0 Å². The van der Waals surface area contributed by atoms with Crippen molar-refractivity contribution in [1.29, 1.82) is 0 Å². The first-order chi connectivity index (χ1) is 2.41. The summed E-state index contributed by atoms with van der Waals surface area (Å²) in [5, 5.41) is 0. The molecule has 0 atom stereocenters. The summed E-state index contributed by atoms with van der Waals surface area (Å²) < 4.78 is 0. The summed E-state index contributed by atoms with van der Waals surface area (Å²) >= 11 is 8.89. The zero-order valence-electron chi connectivity index (χ0n) is 4.04. The number of hydrogen-bond acceptors (Lipinski definition) is 5. The van der Waals surface area contributed by atoms with Gasteiger partial charge in [0.05, 0.1) is 0 Å². The summed E-state index contributed by atoms with van der Waals surface area (Å²) in [6.07, 6.45) is 0. The normalized spacial score (nSPS) is 6.00. The fourth-order valence-electron chi connectivity index (χ4n) is 0.0113. The molecule has 0 aromatic rings. The van der Waals surface area contributed by atoms with Crippen molar-refractivity contribution in [3.8, 4) is 0 Å². The van der Waals surface area contributed by atoms with Crippen molar-refractivity contribution in [1.82, 2.24) is 0 Å². The molecule has 0 N–H and O–H groups in total. The van der Waals surface area contributed by atoms with Crippen LogP contribution in [0.3, 0.4) is 0 Å². The van der Waals surface area contributed by atoms with Crippen LogP contribution in [0.1, 0.15) is 0 Å². The van der Waals surface area contributed by atoms with Gasteiger partial charge in [-0.15, -0.1) is 0 Å². The third-order valence-corrected chi connectivity index (χ3v) is 4.50. The van der Waals surface area contributed by atoms with Crippen LogP contribution in [-0.2, 0) is 23.3 Å². The second-order valence-electron chi connectivity index (χ2n) is 0.204. The summed E-state index contributed by atoms with van der Waals surface area (Å²) in [4.78, 5) is 0. The summed E-state index contributed by atoms with van der Waals surface area (Å²) in [7, 11) is 3.95. The third kappa shape index (κ3) is 17.6. The molecule has 0 aliphatic heterocycles. The van der Waals surface area contributed by atoms with E-state index in [0.29, 0.717) is 0 Å². The largest absolute Gasteiger partial charge is 1.00 e. The van der Waals surface area contributed by atoms with Gasteiger partial charge in [0.2, 0.25) is 0 Å². The van der Waals surface area contributed by atoms with Crippen LogP contribution >= 0.6 is 29.5 Å². The van der Waals surface area contributed by atoms with E-state index in [2.05, 4.69) is 23.3 Å². The second-order valence-corrected chi connectivity index (χ2v) is 5.51. The number of hydrogen-bond donors (Lipinski definition) is 0. The van der Waals surface area contributed by atoms with Crippen LogP contribution in [0.4, 0.5) is 0 Å². The summed E-state index contributed by atoms with van der Waals surface area (Å²) in [6.45, 7) is 0. The molecule has 7 heavy (non-hydrogen) atoms. The van der Waals surface area contributed by atoms with E-state index < -0.39 is 0 Å². The Morgan fingerprint density at radius 1 is 0.857 bits per heavy atom. The van der Waals surface area contributed by atoms with Crippen molar-refractivity contribution in [3.63, 3.8) is 0 Å². The van der Waals surface area contributed by atoms with Gasteiger partial charge < -0.3 is 23.3 Å². The Morgan fingerprint density at radius 2 is 1.14 bits per heavy atom. The first-order valence-electron chi connectivity index (χ1n) is 0.667. The van der Waals surface area contributed by atoms with Crippen molar-refractivity contribution in [2.75, 3.05) is 0 Å². The molecule has 0 spiro atoms. The molecule has 0 unspecified atom stereocenters. The van der Waals surface area contributed by atoms with Gasteiger partial charge in [-0.25, -0.2) is 0 Å². The molecule has 0 saturated carbocycles. The molecule has 0 aromatic heterocycles. The molecule has 7 heteroatoms. The van der Waals surface area contributed by atoms with Gasteiger partial charge in [0.15, 0.2) is 0 Å². The van der Waals surface area contributed by atoms with Crippen LogP contribution in [0.25, 0.3) is 0 Å². The first-order valence-corrected chi connectivity index (χ1v) is 6.00. The summed E-state index contributed by atoms with van der Waals surface area (Å²) in [5.41, 5.74) is 0. The van der Waals surface area contributed by atoms with Crippen LogP contribution in [0.15, 0.2) is 0 Å². The van der Waals surface area contributed by atoms with E-state index >= 15 is 0 Å². The van der Waals surface area contributed by atoms with E-state index in [1.165, 1.54) is 29.5 Å². The zero-order chi connectivity index (χ0) is 4.12. The molecule has 0 aliphatic carbocycles. The van der Waals surface area contributed by atoms with E-state index in [1.807, 2.05) is 0 Å². The predicted octanol–water partition coefficient (Wildman–Crippen LogP) is -4.05. The molecule has 0 fully saturated rings. The minimum Gasteiger partial charge on any atom is -0.706 e. The molecule has 0 saturated heterocycles. The standard InChI is InChI=1S/2Li.H2S5/c;;1-3-5-4-2/h;;1-2H/q2*+1;/p-2. The molecule has 0 aliphatic rings. The SMILES string of the molecule is [Li+].[Li+].[S-]SSS[S-]. The Balaban J connectivity index is -0.0000000800. The maximum atomic E-state index is 4.44.